The number of aromatic nitrogens is 2. The summed E-state index contributed by atoms with van der Waals surface area (Å²) in [6.07, 6.45) is 6.86. The van der Waals surface area contributed by atoms with E-state index in [1.807, 2.05) is 18.3 Å². The monoisotopic (exact) mass is 352 g/mol. The Bertz CT molecular complexity index is 702. The van der Waals surface area contributed by atoms with Gasteiger partial charge in [-0.1, -0.05) is 30.3 Å². The van der Waals surface area contributed by atoms with Gasteiger partial charge >= 0.3 is 0 Å². The number of piperidine rings is 1. The van der Waals surface area contributed by atoms with Crippen molar-refractivity contribution in [2.45, 2.75) is 50.8 Å². The van der Waals surface area contributed by atoms with Crippen LogP contribution in [0.25, 0.3) is 0 Å². The van der Waals surface area contributed by atoms with Crippen LogP contribution >= 0.6 is 0 Å². The lowest BCUT2D eigenvalue weighted by atomic mass is 9.93. The van der Waals surface area contributed by atoms with E-state index in [2.05, 4.69) is 39.0 Å². The molecule has 5 nitrogen and oxygen atoms in total. The van der Waals surface area contributed by atoms with Gasteiger partial charge in [-0.2, -0.15) is 0 Å². The third-order valence-electron chi connectivity index (χ3n) is 5.60. The average molecular weight is 352 g/mol. The molecule has 138 valence electrons. The zero-order valence-corrected chi connectivity index (χ0v) is 15.3. The smallest absolute Gasteiger partial charge is 0.225 e. The Hall–Kier alpha value is -1.98. The molecule has 26 heavy (non-hydrogen) atoms. The molecule has 4 rings (SSSR count). The Kier molecular flexibility index (Phi) is 5.46. The molecule has 0 saturated carbocycles. The summed E-state index contributed by atoms with van der Waals surface area (Å²) in [4.78, 5) is 13.9. The molecule has 1 aromatic heterocycles. The summed E-state index contributed by atoms with van der Waals surface area (Å²) in [5.74, 6) is 0.858. The van der Waals surface area contributed by atoms with Gasteiger partial charge in [0.15, 0.2) is 0 Å². The Labute approximate surface area is 155 Å². The fourth-order valence-electron chi connectivity index (χ4n) is 4.17. The highest BCUT2D eigenvalue weighted by molar-refractivity contribution is 5.31. The highest BCUT2D eigenvalue weighted by Crippen LogP contribution is 2.24. The standard InChI is InChI=1S/C21H28N4O/c26-20-9-6-14-25(19(20)15-17-7-2-1-3-8-17)16-18-10-11-22-21(23-18)24-12-4-5-13-24/h1-3,7-8,10-11,19-20,26H,4-6,9,12-16H2/t19-,20-/m0/s1. The lowest BCUT2D eigenvalue weighted by Gasteiger charge is -2.39. The highest BCUT2D eigenvalue weighted by atomic mass is 16.3. The normalized spacial score (nSPS) is 24.1. The minimum Gasteiger partial charge on any atom is -0.391 e. The van der Waals surface area contributed by atoms with Crippen molar-refractivity contribution in [2.24, 2.45) is 0 Å². The summed E-state index contributed by atoms with van der Waals surface area (Å²) in [5.41, 5.74) is 2.33. The van der Waals surface area contributed by atoms with Crippen LogP contribution in [0.3, 0.4) is 0 Å². The minimum absolute atomic E-state index is 0.149. The van der Waals surface area contributed by atoms with E-state index in [0.29, 0.717) is 0 Å². The Morgan fingerprint density at radius 1 is 1.00 bits per heavy atom. The van der Waals surface area contributed by atoms with Gasteiger partial charge in [0.25, 0.3) is 0 Å². The summed E-state index contributed by atoms with van der Waals surface area (Å²) in [7, 11) is 0. The lowest BCUT2D eigenvalue weighted by Crippen LogP contribution is -2.49. The molecule has 5 heteroatoms. The first-order valence-electron chi connectivity index (χ1n) is 9.82. The van der Waals surface area contributed by atoms with Crippen molar-refractivity contribution >= 4 is 5.95 Å². The molecule has 0 unspecified atom stereocenters. The molecule has 2 aromatic rings. The van der Waals surface area contributed by atoms with E-state index in [4.69, 9.17) is 4.98 Å². The van der Waals surface area contributed by atoms with Gasteiger partial charge in [-0.25, -0.2) is 9.97 Å². The molecule has 2 aliphatic rings. The fraction of sp³-hybridized carbons (Fsp3) is 0.524. The van der Waals surface area contributed by atoms with Crippen molar-refractivity contribution in [3.8, 4) is 0 Å². The largest absolute Gasteiger partial charge is 0.391 e. The predicted octanol–water partition coefficient (Wildman–Crippen LogP) is 2.64. The summed E-state index contributed by atoms with van der Waals surface area (Å²) in [6, 6.07) is 12.6. The van der Waals surface area contributed by atoms with Crippen molar-refractivity contribution in [3.63, 3.8) is 0 Å². The molecule has 3 heterocycles. The van der Waals surface area contributed by atoms with Crippen LogP contribution in [0.15, 0.2) is 42.6 Å². The number of likely N-dealkylation sites (tertiary alicyclic amines) is 1. The zero-order valence-electron chi connectivity index (χ0n) is 15.3. The molecule has 2 atom stereocenters. The highest BCUT2D eigenvalue weighted by Gasteiger charge is 2.30. The number of nitrogens with zero attached hydrogens (tertiary/aromatic N) is 4. The van der Waals surface area contributed by atoms with Crippen LogP contribution in [0, 0.1) is 0 Å². The molecule has 1 aromatic carbocycles. The first-order chi connectivity index (χ1) is 12.8. The second-order valence-corrected chi connectivity index (χ2v) is 7.48. The summed E-state index contributed by atoms with van der Waals surface area (Å²) in [5, 5.41) is 10.6. The molecular formula is C21H28N4O. The number of hydrogen-bond acceptors (Lipinski definition) is 5. The third-order valence-corrected chi connectivity index (χ3v) is 5.60. The topological polar surface area (TPSA) is 52.5 Å². The van der Waals surface area contributed by atoms with Gasteiger partial charge in [0.05, 0.1) is 11.8 Å². The van der Waals surface area contributed by atoms with Crippen LogP contribution in [0.2, 0.25) is 0 Å². The van der Waals surface area contributed by atoms with Crippen molar-refractivity contribution in [1.82, 2.24) is 14.9 Å². The van der Waals surface area contributed by atoms with Crippen LogP contribution < -0.4 is 4.90 Å². The molecule has 2 saturated heterocycles. The zero-order chi connectivity index (χ0) is 17.8. The average Bonchev–Trinajstić information content (AvgIpc) is 3.21. The van der Waals surface area contributed by atoms with Gasteiger partial charge < -0.3 is 10.0 Å². The minimum atomic E-state index is -0.274. The molecule has 2 fully saturated rings. The molecule has 0 bridgehead atoms. The van der Waals surface area contributed by atoms with Gasteiger partial charge in [0.1, 0.15) is 0 Å². The molecule has 0 aliphatic carbocycles. The van der Waals surface area contributed by atoms with Crippen molar-refractivity contribution < 1.29 is 5.11 Å². The van der Waals surface area contributed by atoms with Crippen LogP contribution in [0.1, 0.15) is 36.9 Å². The predicted molar refractivity (Wildman–Crippen MR) is 103 cm³/mol. The summed E-state index contributed by atoms with van der Waals surface area (Å²) < 4.78 is 0. The van der Waals surface area contributed by atoms with Gasteiger partial charge in [-0.15, -0.1) is 0 Å². The van der Waals surface area contributed by atoms with Crippen molar-refractivity contribution in [1.29, 1.82) is 0 Å². The maximum absolute atomic E-state index is 10.6. The van der Waals surface area contributed by atoms with Crippen molar-refractivity contribution in [3.05, 3.63) is 53.9 Å². The van der Waals surface area contributed by atoms with Gasteiger partial charge in [-0.05, 0) is 50.3 Å². The van der Waals surface area contributed by atoms with Gasteiger partial charge in [-0.3, -0.25) is 4.90 Å². The molecule has 0 spiro atoms. The number of benzene rings is 1. The maximum atomic E-state index is 10.6. The van der Waals surface area contributed by atoms with E-state index in [0.717, 1.165) is 57.1 Å². The first-order valence-corrected chi connectivity index (χ1v) is 9.82. The Morgan fingerprint density at radius 2 is 1.81 bits per heavy atom. The molecule has 0 amide bonds. The number of aliphatic hydroxyl groups excluding tert-OH is 1. The Balaban J connectivity index is 1.48. The molecule has 0 radical (unpaired) electrons. The Morgan fingerprint density at radius 3 is 2.62 bits per heavy atom. The molecule has 1 N–H and O–H groups in total. The SMILES string of the molecule is O[C@H]1CCCN(Cc2ccnc(N3CCCC3)n2)[C@H]1Cc1ccccc1. The van der Waals surface area contributed by atoms with E-state index in [9.17, 15) is 5.11 Å². The van der Waals surface area contributed by atoms with Crippen LogP contribution in [0.5, 0.6) is 0 Å². The maximum Gasteiger partial charge on any atom is 0.225 e. The van der Waals surface area contributed by atoms with Gasteiger partial charge in [0.2, 0.25) is 5.95 Å². The summed E-state index contributed by atoms with van der Waals surface area (Å²) in [6.45, 7) is 3.90. The van der Waals surface area contributed by atoms with E-state index < -0.39 is 0 Å². The van der Waals surface area contributed by atoms with Crippen LogP contribution in [0.4, 0.5) is 5.95 Å². The van der Waals surface area contributed by atoms with Crippen molar-refractivity contribution in [2.75, 3.05) is 24.5 Å². The second kappa shape index (κ2) is 8.14. The fourth-order valence-corrected chi connectivity index (χ4v) is 4.17. The number of aliphatic hydroxyl groups is 1. The number of rotatable bonds is 5. The van der Waals surface area contributed by atoms with E-state index in [1.54, 1.807) is 0 Å². The van der Waals surface area contributed by atoms with E-state index in [-0.39, 0.29) is 12.1 Å². The summed E-state index contributed by atoms with van der Waals surface area (Å²) >= 11 is 0. The third kappa shape index (κ3) is 4.05. The molecule has 2 aliphatic heterocycles. The van der Waals surface area contributed by atoms with E-state index >= 15 is 0 Å². The number of anilines is 1. The van der Waals surface area contributed by atoms with E-state index in [1.165, 1.54) is 18.4 Å². The first kappa shape index (κ1) is 17.4. The second-order valence-electron chi connectivity index (χ2n) is 7.48. The van der Waals surface area contributed by atoms with Crippen LogP contribution in [-0.4, -0.2) is 51.8 Å². The quantitative estimate of drug-likeness (QED) is 0.897. The molecular weight excluding hydrogens is 324 g/mol. The van der Waals surface area contributed by atoms with Gasteiger partial charge in [0, 0.05) is 31.9 Å². The number of hydrogen-bond donors (Lipinski definition) is 1. The van der Waals surface area contributed by atoms with Crippen LogP contribution in [-0.2, 0) is 13.0 Å². The lowest BCUT2D eigenvalue weighted by molar-refractivity contribution is 0.00614.